The number of ether oxygens (including phenoxy) is 3. The van der Waals surface area contributed by atoms with Crippen LogP contribution in [0.25, 0.3) is 0 Å². The first kappa shape index (κ1) is 16.9. The largest absolute Gasteiger partial charge is 0.376 e. The summed E-state index contributed by atoms with van der Waals surface area (Å²) in [6.45, 7) is 11.4. The van der Waals surface area contributed by atoms with Crippen LogP contribution in [0.4, 0.5) is 0 Å². The van der Waals surface area contributed by atoms with Gasteiger partial charge in [-0.1, -0.05) is 26.7 Å². The molecule has 2 unspecified atom stereocenters. The Bertz CT molecular complexity index is 134. The number of unbranched alkanes of at least 4 members (excludes halogenated alkanes) is 2. The molecular formula is C14H30O3. The lowest BCUT2D eigenvalue weighted by Gasteiger charge is -2.16. The van der Waals surface area contributed by atoms with Gasteiger partial charge in [0.2, 0.25) is 0 Å². The van der Waals surface area contributed by atoms with Crippen LogP contribution in [0, 0.1) is 0 Å². The average molecular weight is 246 g/mol. The van der Waals surface area contributed by atoms with Crippen LogP contribution in [0.15, 0.2) is 0 Å². The van der Waals surface area contributed by atoms with E-state index < -0.39 is 0 Å². The van der Waals surface area contributed by atoms with Gasteiger partial charge in [0.1, 0.15) is 0 Å². The van der Waals surface area contributed by atoms with Crippen molar-refractivity contribution in [3.05, 3.63) is 0 Å². The van der Waals surface area contributed by atoms with Crippen LogP contribution < -0.4 is 0 Å². The third kappa shape index (κ3) is 12.1. The molecule has 0 amide bonds. The van der Waals surface area contributed by atoms with Gasteiger partial charge in [0.15, 0.2) is 0 Å². The number of hydrogen-bond donors (Lipinski definition) is 0. The zero-order chi connectivity index (χ0) is 12.9. The summed E-state index contributed by atoms with van der Waals surface area (Å²) < 4.78 is 16.8. The van der Waals surface area contributed by atoms with Crippen molar-refractivity contribution in [1.82, 2.24) is 0 Å². The molecule has 0 saturated heterocycles. The fourth-order valence-corrected chi connectivity index (χ4v) is 1.35. The van der Waals surface area contributed by atoms with Gasteiger partial charge in [-0.05, 0) is 26.7 Å². The Labute approximate surface area is 107 Å². The van der Waals surface area contributed by atoms with Crippen molar-refractivity contribution in [2.75, 3.05) is 26.4 Å². The Morgan fingerprint density at radius 2 is 1.18 bits per heavy atom. The van der Waals surface area contributed by atoms with E-state index in [0.717, 1.165) is 26.1 Å². The maximum absolute atomic E-state index is 5.60. The van der Waals surface area contributed by atoms with E-state index in [1.165, 1.54) is 12.8 Å². The summed E-state index contributed by atoms with van der Waals surface area (Å²) >= 11 is 0. The van der Waals surface area contributed by atoms with E-state index in [-0.39, 0.29) is 12.2 Å². The van der Waals surface area contributed by atoms with Crippen molar-refractivity contribution in [2.24, 2.45) is 0 Å². The first-order valence-electron chi connectivity index (χ1n) is 7.01. The van der Waals surface area contributed by atoms with Crippen molar-refractivity contribution < 1.29 is 14.2 Å². The van der Waals surface area contributed by atoms with Crippen molar-refractivity contribution in [3.63, 3.8) is 0 Å². The van der Waals surface area contributed by atoms with Crippen molar-refractivity contribution >= 4 is 0 Å². The average Bonchev–Trinajstić information content (AvgIpc) is 2.30. The van der Waals surface area contributed by atoms with Crippen LogP contribution in [-0.4, -0.2) is 38.6 Å². The van der Waals surface area contributed by atoms with E-state index in [0.29, 0.717) is 13.2 Å². The third-order valence-electron chi connectivity index (χ3n) is 2.51. The Balaban J connectivity index is 3.29. The topological polar surface area (TPSA) is 27.7 Å². The Morgan fingerprint density at radius 3 is 1.53 bits per heavy atom. The maximum atomic E-state index is 5.60. The second-order valence-corrected chi connectivity index (χ2v) is 4.61. The summed E-state index contributed by atoms with van der Waals surface area (Å²) in [5.74, 6) is 0. The number of hydrogen-bond acceptors (Lipinski definition) is 3. The molecule has 2 atom stereocenters. The second kappa shape index (κ2) is 12.3. The fraction of sp³-hybridized carbons (Fsp3) is 1.00. The molecule has 3 heteroatoms. The molecule has 0 aromatic heterocycles. The highest BCUT2D eigenvalue weighted by molar-refractivity contribution is 4.51. The van der Waals surface area contributed by atoms with E-state index in [4.69, 9.17) is 14.2 Å². The van der Waals surface area contributed by atoms with Crippen LogP contribution in [0.2, 0.25) is 0 Å². The van der Waals surface area contributed by atoms with Crippen LogP contribution in [0.1, 0.15) is 53.4 Å². The zero-order valence-electron chi connectivity index (χ0n) is 12.0. The van der Waals surface area contributed by atoms with Crippen LogP contribution in [-0.2, 0) is 14.2 Å². The molecule has 0 rings (SSSR count). The molecule has 0 aliphatic carbocycles. The summed E-state index contributed by atoms with van der Waals surface area (Å²) in [7, 11) is 0. The minimum Gasteiger partial charge on any atom is -0.376 e. The lowest BCUT2D eigenvalue weighted by molar-refractivity contribution is -0.0475. The molecule has 0 spiro atoms. The third-order valence-corrected chi connectivity index (χ3v) is 2.51. The molecular weight excluding hydrogens is 216 g/mol. The maximum Gasteiger partial charge on any atom is 0.0780 e. The molecule has 0 aliphatic heterocycles. The highest BCUT2D eigenvalue weighted by Crippen LogP contribution is 1.99. The smallest absolute Gasteiger partial charge is 0.0780 e. The van der Waals surface area contributed by atoms with Gasteiger partial charge in [-0.25, -0.2) is 0 Å². The van der Waals surface area contributed by atoms with Crippen LogP contribution >= 0.6 is 0 Å². The van der Waals surface area contributed by atoms with Crippen molar-refractivity contribution in [3.8, 4) is 0 Å². The molecule has 0 heterocycles. The molecule has 0 aromatic carbocycles. The van der Waals surface area contributed by atoms with Crippen molar-refractivity contribution in [1.29, 1.82) is 0 Å². The fourth-order valence-electron chi connectivity index (χ4n) is 1.35. The van der Waals surface area contributed by atoms with Gasteiger partial charge >= 0.3 is 0 Å². The van der Waals surface area contributed by atoms with E-state index in [9.17, 15) is 0 Å². The summed E-state index contributed by atoms with van der Waals surface area (Å²) in [6, 6.07) is 0. The molecule has 0 aromatic rings. The molecule has 0 saturated carbocycles. The molecule has 3 nitrogen and oxygen atoms in total. The van der Waals surface area contributed by atoms with Gasteiger partial charge in [-0.3, -0.25) is 0 Å². The first-order valence-corrected chi connectivity index (χ1v) is 7.01. The molecule has 0 fully saturated rings. The van der Waals surface area contributed by atoms with Gasteiger partial charge in [0, 0.05) is 13.2 Å². The molecule has 17 heavy (non-hydrogen) atoms. The second-order valence-electron chi connectivity index (χ2n) is 4.61. The van der Waals surface area contributed by atoms with Gasteiger partial charge < -0.3 is 14.2 Å². The molecule has 0 bridgehead atoms. The zero-order valence-corrected chi connectivity index (χ0v) is 12.0. The predicted octanol–water partition coefficient (Wildman–Crippen LogP) is 3.41. The normalized spacial score (nSPS) is 14.8. The van der Waals surface area contributed by atoms with Gasteiger partial charge in [0.05, 0.1) is 25.4 Å². The van der Waals surface area contributed by atoms with Crippen LogP contribution in [0.5, 0.6) is 0 Å². The lowest BCUT2D eigenvalue weighted by Crippen LogP contribution is -2.22. The Kier molecular flexibility index (Phi) is 12.3. The van der Waals surface area contributed by atoms with E-state index in [1.807, 2.05) is 0 Å². The minimum atomic E-state index is 0.185. The Hall–Kier alpha value is -0.120. The molecule has 0 N–H and O–H groups in total. The summed E-state index contributed by atoms with van der Waals surface area (Å²) in [5.41, 5.74) is 0. The molecule has 0 aliphatic rings. The highest BCUT2D eigenvalue weighted by atomic mass is 16.6. The molecule has 0 radical (unpaired) electrons. The lowest BCUT2D eigenvalue weighted by atomic mass is 10.3. The summed E-state index contributed by atoms with van der Waals surface area (Å²) in [4.78, 5) is 0. The minimum absolute atomic E-state index is 0.185. The summed E-state index contributed by atoms with van der Waals surface area (Å²) in [6.07, 6.45) is 4.97. The van der Waals surface area contributed by atoms with Gasteiger partial charge in [0.25, 0.3) is 0 Å². The standard InChI is InChI=1S/C14H30O3/c1-5-7-9-16-13(3)11-15-12-14(4)17-10-8-6-2/h13-14H,5-12H2,1-4H3. The monoisotopic (exact) mass is 246 g/mol. The SMILES string of the molecule is CCCCOC(C)COCC(C)OCCCC. The predicted molar refractivity (Wildman–Crippen MR) is 71.5 cm³/mol. The van der Waals surface area contributed by atoms with E-state index in [1.54, 1.807) is 0 Å². The number of rotatable bonds is 12. The molecule has 104 valence electrons. The van der Waals surface area contributed by atoms with Gasteiger partial charge in [-0.15, -0.1) is 0 Å². The first-order chi connectivity index (χ1) is 8.20. The quantitative estimate of drug-likeness (QED) is 0.494. The van der Waals surface area contributed by atoms with E-state index >= 15 is 0 Å². The highest BCUT2D eigenvalue weighted by Gasteiger charge is 2.05. The Morgan fingerprint density at radius 1 is 0.765 bits per heavy atom. The van der Waals surface area contributed by atoms with Crippen LogP contribution in [0.3, 0.4) is 0 Å². The van der Waals surface area contributed by atoms with Crippen molar-refractivity contribution in [2.45, 2.75) is 65.6 Å². The van der Waals surface area contributed by atoms with Gasteiger partial charge in [-0.2, -0.15) is 0 Å². The van der Waals surface area contributed by atoms with E-state index in [2.05, 4.69) is 27.7 Å². The summed E-state index contributed by atoms with van der Waals surface area (Å²) in [5, 5.41) is 0.